The van der Waals surface area contributed by atoms with Gasteiger partial charge in [-0.15, -0.1) is 0 Å². The van der Waals surface area contributed by atoms with E-state index >= 15 is 0 Å². The van der Waals surface area contributed by atoms with Crippen LogP contribution in [-0.4, -0.2) is 26.1 Å². The maximum absolute atomic E-state index is 5.83. The van der Waals surface area contributed by atoms with Crippen molar-refractivity contribution in [2.45, 2.75) is 60.5 Å². The number of hydrogen-bond donors (Lipinski definition) is 1. The fraction of sp³-hybridized carbons (Fsp3) is 0.407. The lowest BCUT2D eigenvalue weighted by Gasteiger charge is -2.29. The smallest absolute Gasteiger partial charge is 0.170 e. The average molecular weight is 447 g/mol. The molecular weight excluding hydrogens is 412 g/mol. The largest absolute Gasteiger partial charge is 0.352 e. The predicted octanol–water partition coefficient (Wildman–Crippen LogP) is 6.04. The zero-order valence-corrected chi connectivity index (χ0v) is 21.0. The maximum Gasteiger partial charge on any atom is 0.170 e. The Labute approximate surface area is 197 Å². The lowest BCUT2D eigenvalue weighted by molar-refractivity contribution is 0.287. The summed E-state index contributed by atoms with van der Waals surface area (Å²) in [7, 11) is 0. The number of aryl methyl sites for hydroxylation is 4. The molecule has 0 saturated carbocycles. The van der Waals surface area contributed by atoms with Crippen molar-refractivity contribution in [1.82, 2.24) is 19.8 Å². The zero-order valence-electron chi connectivity index (χ0n) is 20.2. The molecule has 0 radical (unpaired) electrons. The monoisotopic (exact) mass is 446 g/mol. The fourth-order valence-corrected chi connectivity index (χ4v) is 5.61. The van der Waals surface area contributed by atoms with Gasteiger partial charge in [-0.2, -0.15) is 0 Å². The van der Waals surface area contributed by atoms with Gasteiger partial charge in [-0.05, 0) is 87.6 Å². The molecule has 0 bridgehead atoms. The van der Waals surface area contributed by atoms with Crippen LogP contribution in [0.25, 0.3) is 5.69 Å². The summed E-state index contributed by atoms with van der Waals surface area (Å²) in [6, 6.07) is 13.1. The lowest BCUT2D eigenvalue weighted by Crippen LogP contribution is -2.33. The van der Waals surface area contributed by atoms with Crippen LogP contribution in [0.15, 0.2) is 42.6 Å². The van der Waals surface area contributed by atoms with Crippen LogP contribution in [0, 0.1) is 40.5 Å². The van der Waals surface area contributed by atoms with Crippen LogP contribution in [-0.2, 0) is 0 Å². The van der Waals surface area contributed by atoms with Crippen LogP contribution in [0.5, 0.6) is 0 Å². The van der Waals surface area contributed by atoms with Crippen molar-refractivity contribution in [3.63, 3.8) is 0 Å². The Morgan fingerprint density at radius 3 is 2.31 bits per heavy atom. The van der Waals surface area contributed by atoms with Crippen molar-refractivity contribution in [1.29, 1.82) is 0 Å². The van der Waals surface area contributed by atoms with Gasteiger partial charge in [-0.3, -0.25) is 4.98 Å². The third kappa shape index (κ3) is 3.95. The highest BCUT2D eigenvalue weighted by atomic mass is 32.1. The summed E-state index contributed by atoms with van der Waals surface area (Å²) < 4.78 is 2.42. The van der Waals surface area contributed by atoms with Crippen LogP contribution < -0.4 is 5.32 Å². The number of aromatic nitrogens is 2. The summed E-state index contributed by atoms with van der Waals surface area (Å²) in [5.74, 6) is 0.504. The van der Waals surface area contributed by atoms with Crippen LogP contribution in [0.3, 0.4) is 0 Å². The Hall–Kier alpha value is -2.66. The molecule has 2 aromatic heterocycles. The topological polar surface area (TPSA) is 33.1 Å². The molecule has 168 valence electrons. The number of benzene rings is 1. The van der Waals surface area contributed by atoms with E-state index in [1.807, 2.05) is 12.3 Å². The van der Waals surface area contributed by atoms with Crippen molar-refractivity contribution in [2.75, 3.05) is 6.54 Å². The molecule has 1 N–H and O–H groups in total. The second-order valence-electron chi connectivity index (χ2n) is 9.58. The molecule has 3 heterocycles. The van der Waals surface area contributed by atoms with E-state index in [9.17, 15) is 0 Å². The number of pyridine rings is 1. The molecule has 2 atom stereocenters. The number of hydrogen-bond acceptors (Lipinski definition) is 2. The molecule has 4 rings (SSSR count). The van der Waals surface area contributed by atoms with Crippen LogP contribution >= 0.6 is 12.2 Å². The molecule has 32 heavy (non-hydrogen) atoms. The first-order chi connectivity index (χ1) is 15.2. The van der Waals surface area contributed by atoms with Gasteiger partial charge in [0.05, 0.1) is 23.5 Å². The van der Waals surface area contributed by atoms with E-state index in [1.54, 1.807) is 0 Å². The van der Waals surface area contributed by atoms with Crippen LogP contribution in [0.2, 0.25) is 0 Å². The highest BCUT2D eigenvalue weighted by Crippen LogP contribution is 2.42. The third-order valence-electron chi connectivity index (χ3n) is 6.41. The van der Waals surface area contributed by atoms with Gasteiger partial charge in [-0.25, -0.2) is 0 Å². The Bertz CT molecular complexity index is 1120. The minimum atomic E-state index is 0.0246. The van der Waals surface area contributed by atoms with Gasteiger partial charge in [0.15, 0.2) is 5.11 Å². The molecule has 1 aromatic carbocycles. The molecule has 1 fully saturated rings. The molecular formula is C27H34N4S. The van der Waals surface area contributed by atoms with E-state index in [0.717, 1.165) is 17.4 Å². The highest BCUT2D eigenvalue weighted by Gasteiger charge is 2.41. The van der Waals surface area contributed by atoms with Crippen molar-refractivity contribution < 1.29 is 0 Å². The molecule has 5 heteroatoms. The number of nitrogens with zero attached hydrogens (tertiary/aromatic N) is 3. The second kappa shape index (κ2) is 8.70. The van der Waals surface area contributed by atoms with Crippen molar-refractivity contribution >= 4 is 17.3 Å². The predicted molar refractivity (Wildman–Crippen MR) is 136 cm³/mol. The van der Waals surface area contributed by atoms with E-state index in [2.05, 4.69) is 98.6 Å². The quantitative estimate of drug-likeness (QED) is 0.484. The number of thiocarbonyl (C=S) groups is 1. The molecule has 4 nitrogen and oxygen atoms in total. The molecule has 1 saturated heterocycles. The van der Waals surface area contributed by atoms with Gasteiger partial charge in [0.25, 0.3) is 0 Å². The summed E-state index contributed by atoms with van der Waals surface area (Å²) in [6.45, 7) is 16.4. The molecule has 1 aliphatic rings. The number of nitrogens with one attached hydrogen (secondary N) is 1. The molecule has 1 aliphatic heterocycles. The lowest BCUT2D eigenvalue weighted by atomic mass is 9.96. The summed E-state index contributed by atoms with van der Waals surface area (Å²) >= 11 is 5.83. The van der Waals surface area contributed by atoms with Crippen LogP contribution in [0.4, 0.5) is 0 Å². The van der Waals surface area contributed by atoms with Gasteiger partial charge >= 0.3 is 0 Å². The van der Waals surface area contributed by atoms with Crippen LogP contribution in [0.1, 0.15) is 65.3 Å². The van der Waals surface area contributed by atoms with Gasteiger partial charge in [0.1, 0.15) is 0 Å². The first kappa shape index (κ1) is 22.5. The van der Waals surface area contributed by atoms with E-state index in [4.69, 9.17) is 12.2 Å². The Kier molecular flexibility index (Phi) is 6.13. The highest BCUT2D eigenvalue weighted by molar-refractivity contribution is 7.80. The molecule has 0 spiro atoms. The van der Waals surface area contributed by atoms with Crippen molar-refractivity contribution in [3.8, 4) is 5.69 Å². The zero-order chi connectivity index (χ0) is 23.2. The standard InChI is InChI=1S/C27H34N4S/c1-16(2)15-30-26(24(29-27(30)32)23-10-8-9-11-28-23)22-14-20(6)31(21(22)7)25-18(4)12-17(3)13-19(25)5/h8-14,16,24,26H,15H2,1-7H3,(H,29,32)/t24-,26-/m0/s1. The molecule has 0 aliphatic carbocycles. The van der Waals surface area contributed by atoms with Crippen molar-refractivity contribution in [2.24, 2.45) is 5.92 Å². The second-order valence-corrected chi connectivity index (χ2v) is 9.97. The minimum Gasteiger partial charge on any atom is -0.352 e. The summed E-state index contributed by atoms with van der Waals surface area (Å²) in [5.41, 5.74) is 10.0. The normalized spacial score (nSPS) is 18.5. The summed E-state index contributed by atoms with van der Waals surface area (Å²) in [4.78, 5) is 7.05. The fourth-order valence-electron chi connectivity index (χ4n) is 5.29. The van der Waals surface area contributed by atoms with E-state index < -0.39 is 0 Å². The van der Waals surface area contributed by atoms with Gasteiger partial charge in [-0.1, -0.05) is 37.6 Å². The first-order valence-corrected chi connectivity index (χ1v) is 11.8. The molecule has 0 amide bonds. The SMILES string of the molecule is Cc1cc(C)c(-n2c(C)cc([C@H]3[C@H](c4ccccn4)NC(=S)N3CC(C)C)c2C)c(C)c1. The van der Waals surface area contributed by atoms with Gasteiger partial charge < -0.3 is 14.8 Å². The van der Waals surface area contributed by atoms with Gasteiger partial charge in [0, 0.05) is 24.1 Å². The Balaban J connectivity index is 1.88. The molecule has 0 unspecified atom stereocenters. The summed E-state index contributed by atoms with van der Waals surface area (Å²) in [6.07, 6.45) is 1.87. The minimum absolute atomic E-state index is 0.0246. The Morgan fingerprint density at radius 1 is 1.03 bits per heavy atom. The van der Waals surface area contributed by atoms with E-state index in [1.165, 1.54) is 39.3 Å². The average Bonchev–Trinajstić information content (AvgIpc) is 3.18. The van der Waals surface area contributed by atoms with Gasteiger partial charge in [0.2, 0.25) is 0 Å². The Morgan fingerprint density at radius 2 is 1.72 bits per heavy atom. The first-order valence-electron chi connectivity index (χ1n) is 11.4. The third-order valence-corrected chi connectivity index (χ3v) is 6.76. The van der Waals surface area contributed by atoms with Crippen molar-refractivity contribution in [3.05, 3.63) is 81.9 Å². The molecule has 3 aromatic rings. The number of rotatable bonds is 5. The summed E-state index contributed by atoms with van der Waals surface area (Å²) in [5, 5.41) is 4.40. The maximum atomic E-state index is 5.83. The van der Waals surface area contributed by atoms with E-state index in [-0.39, 0.29) is 12.1 Å². The van der Waals surface area contributed by atoms with E-state index in [0.29, 0.717) is 5.92 Å².